The molecule has 0 saturated heterocycles. The molecule has 49 heavy (non-hydrogen) atoms. The van der Waals surface area contributed by atoms with Gasteiger partial charge in [0.15, 0.2) is 15.1 Å². The molecule has 4 heterocycles. The van der Waals surface area contributed by atoms with Gasteiger partial charge in [0.25, 0.3) is 11.8 Å². The maximum atomic E-state index is 13.3. The Morgan fingerprint density at radius 3 is 1.73 bits per heavy atom. The number of carbonyl (C=O) groups is 4. The molecule has 1 N–H and O–H groups in total. The molecule has 14 nitrogen and oxygen atoms in total. The van der Waals surface area contributed by atoms with Crippen LogP contribution in [0.4, 0.5) is 15.4 Å². The molecule has 0 radical (unpaired) electrons. The molecule has 4 rings (SSSR count). The second kappa shape index (κ2) is 16.6. The molecule has 18 heteroatoms. The average Bonchev–Trinajstić information content (AvgIpc) is 3.83. The van der Waals surface area contributed by atoms with Crippen molar-refractivity contribution < 1.29 is 28.7 Å². The van der Waals surface area contributed by atoms with Crippen LogP contribution in [0.1, 0.15) is 91.6 Å². The van der Waals surface area contributed by atoms with E-state index in [0.29, 0.717) is 73.2 Å². The lowest BCUT2D eigenvalue weighted by molar-refractivity contribution is 0.0520. The van der Waals surface area contributed by atoms with Gasteiger partial charge in [0.2, 0.25) is 5.13 Å². The smallest absolute Gasteiger partial charge is 0.350 e. The lowest BCUT2D eigenvalue weighted by Gasteiger charge is -2.17. The molecule has 0 saturated carbocycles. The molecule has 0 aliphatic carbocycles. The normalized spacial score (nSPS) is 11.5. The molecule has 4 aromatic rings. The summed E-state index contributed by atoms with van der Waals surface area (Å²) >= 11 is 4.46. The van der Waals surface area contributed by atoms with E-state index in [1.807, 2.05) is 27.7 Å². The van der Waals surface area contributed by atoms with Crippen molar-refractivity contribution in [2.24, 2.45) is 12.0 Å². The summed E-state index contributed by atoms with van der Waals surface area (Å²) in [5, 5.41) is 4.22. The van der Waals surface area contributed by atoms with Gasteiger partial charge in [-0.05, 0) is 55.4 Å². The van der Waals surface area contributed by atoms with Crippen LogP contribution in [0.3, 0.4) is 0 Å². The predicted octanol–water partition coefficient (Wildman–Crippen LogP) is 6.03. The van der Waals surface area contributed by atoms with E-state index in [4.69, 9.17) is 19.5 Å². The molecule has 0 unspecified atom stereocenters. The van der Waals surface area contributed by atoms with Crippen LogP contribution in [0, 0.1) is 13.8 Å². The van der Waals surface area contributed by atoms with Crippen molar-refractivity contribution in [2.45, 2.75) is 55.4 Å². The summed E-state index contributed by atoms with van der Waals surface area (Å²) in [4.78, 5) is 76.4. The first-order valence-electron chi connectivity index (χ1n) is 15.8. The van der Waals surface area contributed by atoms with Gasteiger partial charge in [-0.3, -0.25) is 9.59 Å². The number of hydrogen-bond donors (Lipinski definition) is 1. The van der Waals surface area contributed by atoms with Crippen LogP contribution in [-0.4, -0.2) is 92.5 Å². The predicted molar refractivity (Wildman–Crippen MR) is 193 cm³/mol. The molecule has 0 aromatic carbocycles. The number of thiazole rings is 4. The Bertz CT molecular complexity index is 1910. The van der Waals surface area contributed by atoms with Gasteiger partial charge >= 0.3 is 11.9 Å². The number of carbonyl (C=O) groups excluding carboxylic acids is 4. The van der Waals surface area contributed by atoms with Crippen molar-refractivity contribution in [3.63, 3.8) is 0 Å². The number of ether oxygens (including phenoxy) is 2. The Labute approximate surface area is 300 Å². The number of hydrogen-bond acceptors (Lipinski definition) is 15. The standard InChI is InChI=1S/C31H40N8O6S4/c1-10-38(11-2)24(40)20-16(7)32-28(46-20)35-30-34-18(22(48-30)26(42)44-14-5)19-23(27(43)45-15-6)49-31(37(19)9)36-29-33-17(8)21(47-29)25(41)39(12-3)13-4/h10-15H2,1-9H3,(H,32,34,35). The highest BCUT2D eigenvalue weighted by atomic mass is 32.1. The largest absolute Gasteiger partial charge is 0.462 e. The lowest BCUT2D eigenvalue weighted by Crippen LogP contribution is -2.30. The minimum atomic E-state index is -0.620. The third-order valence-corrected chi connectivity index (χ3v) is 11.4. The van der Waals surface area contributed by atoms with Gasteiger partial charge in [0.1, 0.15) is 25.2 Å². The fourth-order valence-corrected chi connectivity index (χ4v) is 8.62. The van der Waals surface area contributed by atoms with Crippen LogP contribution in [0.25, 0.3) is 11.4 Å². The van der Waals surface area contributed by atoms with E-state index in [1.54, 1.807) is 49.1 Å². The number of esters is 2. The third-order valence-electron chi connectivity index (χ3n) is 7.28. The van der Waals surface area contributed by atoms with Crippen molar-refractivity contribution in [3.8, 4) is 11.4 Å². The zero-order valence-corrected chi connectivity index (χ0v) is 32.2. The van der Waals surface area contributed by atoms with Crippen molar-refractivity contribution in [1.29, 1.82) is 0 Å². The molecule has 4 aromatic heterocycles. The van der Waals surface area contributed by atoms with Gasteiger partial charge in [-0.15, -0.1) is 0 Å². The van der Waals surface area contributed by atoms with Crippen molar-refractivity contribution in [1.82, 2.24) is 29.3 Å². The fraction of sp³-hybridized carbons (Fsp3) is 0.484. The van der Waals surface area contributed by atoms with Gasteiger partial charge in [-0.1, -0.05) is 45.3 Å². The Morgan fingerprint density at radius 1 is 0.694 bits per heavy atom. The second-order valence-corrected chi connectivity index (χ2v) is 14.2. The van der Waals surface area contributed by atoms with E-state index in [9.17, 15) is 19.2 Å². The fourth-order valence-electron chi connectivity index (χ4n) is 4.78. The van der Waals surface area contributed by atoms with Crippen molar-refractivity contribution in [2.75, 3.05) is 44.7 Å². The SMILES string of the molecule is CCOC(=O)c1sc(Nc2nc(C)c(C(=O)N(CC)CC)s2)nc1-c1c(C(=O)OCC)sc(=Nc2nc(C)c(C(=O)N(CC)CC)s2)n1C. The van der Waals surface area contributed by atoms with Gasteiger partial charge < -0.3 is 29.2 Å². The number of nitrogens with zero attached hydrogens (tertiary/aromatic N) is 7. The summed E-state index contributed by atoms with van der Waals surface area (Å²) in [5.41, 5.74) is 1.63. The Morgan fingerprint density at radius 2 is 1.18 bits per heavy atom. The van der Waals surface area contributed by atoms with Gasteiger partial charge in [-0.25, -0.2) is 24.5 Å². The monoisotopic (exact) mass is 748 g/mol. The van der Waals surface area contributed by atoms with Crippen LogP contribution in [0.5, 0.6) is 0 Å². The highest BCUT2D eigenvalue weighted by Gasteiger charge is 2.30. The molecule has 0 bridgehead atoms. The van der Waals surface area contributed by atoms with Gasteiger partial charge in [-0.2, -0.15) is 4.99 Å². The summed E-state index contributed by atoms with van der Waals surface area (Å²) in [6.45, 7) is 17.1. The second-order valence-electron chi connectivity index (χ2n) is 10.3. The number of amides is 2. The first kappa shape index (κ1) is 37.8. The van der Waals surface area contributed by atoms with Gasteiger partial charge in [0.05, 0.1) is 30.3 Å². The van der Waals surface area contributed by atoms with E-state index in [0.717, 1.165) is 22.7 Å². The van der Waals surface area contributed by atoms with Crippen molar-refractivity contribution >= 4 is 84.5 Å². The number of nitrogens with one attached hydrogen (secondary N) is 1. The highest BCUT2D eigenvalue weighted by molar-refractivity contribution is 7.20. The van der Waals surface area contributed by atoms with E-state index >= 15 is 0 Å². The van der Waals surface area contributed by atoms with E-state index in [2.05, 4.69) is 15.3 Å². The molecule has 2 amide bonds. The van der Waals surface area contributed by atoms with Crippen LogP contribution in [0.15, 0.2) is 4.99 Å². The maximum Gasteiger partial charge on any atom is 0.350 e. The maximum absolute atomic E-state index is 13.3. The molecule has 0 fully saturated rings. The molecule has 264 valence electrons. The molecular weight excluding hydrogens is 709 g/mol. The third kappa shape index (κ3) is 8.08. The van der Waals surface area contributed by atoms with E-state index < -0.39 is 11.9 Å². The Balaban J connectivity index is 1.84. The summed E-state index contributed by atoms with van der Waals surface area (Å²) in [7, 11) is 1.70. The average molecular weight is 749 g/mol. The van der Waals surface area contributed by atoms with Crippen LogP contribution in [-0.2, 0) is 16.5 Å². The number of anilines is 2. The topological polar surface area (TPSA) is 161 Å². The van der Waals surface area contributed by atoms with Crippen LogP contribution >= 0.6 is 45.3 Å². The Hall–Kier alpha value is -4.00. The summed E-state index contributed by atoms with van der Waals surface area (Å²) < 4.78 is 12.4. The number of aryl methyl sites for hydroxylation is 2. The molecule has 0 aliphatic heterocycles. The first-order valence-corrected chi connectivity index (χ1v) is 19.1. The first-order chi connectivity index (χ1) is 23.4. The van der Waals surface area contributed by atoms with E-state index in [-0.39, 0.29) is 40.5 Å². The van der Waals surface area contributed by atoms with Gasteiger partial charge in [0, 0.05) is 33.2 Å². The molecule has 0 aliphatic rings. The highest BCUT2D eigenvalue weighted by Crippen LogP contribution is 2.37. The quantitative estimate of drug-likeness (QED) is 0.151. The zero-order valence-electron chi connectivity index (χ0n) is 29.0. The Kier molecular flexibility index (Phi) is 12.8. The summed E-state index contributed by atoms with van der Waals surface area (Å²) in [6, 6.07) is 0. The molecular formula is C31H40N8O6S4. The minimum Gasteiger partial charge on any atom is -0.462 e. The zero-order chi connectivity index (χ0) is 36.0. The van der Waals surface area contributed by atoms with Crippen LogP contribution in [0.2, 0.25) is 0 Å². The summed E-state index contributed by atoms with van der Waals surface area (Å²) in [6.07, 6.45) is 0. The molecule has 0 spiro atoms. The van der Waals surface area contributed by atoms with Crippen LogP contribution < -0.4 is 10.1 Å². The number of rotatable bonds is 14. The van der Waals surface area contributed by atoms with E-state index in [1.165, 1.54) is 22.7 Å². The number of aromatic nitrogens is 4. The van der Waals surface area contributed by atoms with Crippen molar-refractivity contribution in [3.05, 3.63) is 35.7 Å². The molecule has 0 atom stereocenters. The lowest BCUT2D eigenvalue weighted by atomic mass is 10.2. The minimum absolute atomic E-state index is 0.110. The summed E-state index contributed by atoms with van der Waals surface area (Å²) in [5.74, 6) is -1.46.